The number of amides is 2. The molecule has 0 atom stereocenters. The monoisotopic (exact) mass is 513 g/mol. The molecule has 2 amide bonds. The maximum atomic E-state index is 13.0. The Kier molecular flexibility index (Phi) is 7.58. The van der Waals surface area contributed by atoms with Crippen molar-refractivity contribution in [2.45, 2.75) is 29.4 Å². The molecule has 0 saturated heterocycles. The van der Waals surface area contributed by atoms with E-state index in [1.165, 1.54) is 43.0 Å². The minimum Gasteiger partial charge on any atom is -0.354 e. The summed E-state index contributed by atoms with van der Waals surface area (Å²) in [6.07, 6.45) is 0.724. The second-order valence-electron chi connectivity index (χ2n) is 8.28. The van der Waals surface area contributed by atoms with E-state index in [9.17, 15) is 18.0 Å². The van der Waals surface area contributed by atoms with Crippen molar-refractivity contribution < 1.29 is 18.0 Å². The van der Waals surface area contributed by atoms with Gasteiger partial charge in [0.15, 0.2) is 0 Å². The summed E-state index contributed by atoms with van der Waals surface area (Å²) in [6, 6.07) is 15.6. The Morgan fingerprint density at radius 1 is 1.06 bits per heavy atom. The summed E-state index contributed by atoms with van der Waals surface area (Å²) < 4.78 is 27.2. The molecular formula is C24H27N5O4S2. The Morgan fingerprint density at radius 2 is 1.77 bits per heavy atom. The quantitative estimate of drug-likeness (QED) is 0.455. The van der Waals surface area contributed by atoms with Gasteiger partial charge in [-0.1, -0.05) is 30.3 Å². The number of nitrogens with zero attached hydrogens (tertiary/aromatic N) is 3. The fourth-order valence-corrected chi connectivity index (χ4v) is 5.61. The average Bonchev–Trinajstić information content (AvgIpc) is 3.42. The smallest absolute Gasteiger partial charge is 0.256 e. The highest BCUT2D eigenvalue weighted by Gasteiger charge is 2.25. The predicted molar refractivity (Wildman–Crippen MR) is 136 cm³/mol. The first kappa shape index (κ1) is 25.0. The van der Waals surface area contributed by atoms with Gasteiger partial charge in [0.25, 0.3) is 5.91 Å². The Bertz CT molecular complexity index is 1320. The van der Waals surface area contributed by atoms with Gasteiger partial charge in [-0.3, -0.25) is 9.59 Å². The highest BCUT2D eigenvalue weighted by molar-refractivity contribution is 7.98. The van der Waals surface area contributed by atoms with Gasteiger partial charge in [-0.25, -0.2) is 17.4 Å². The highest BCUT2D eigenvalue weighted by Crippen LogP contribution is 2.35. The van der Waals surface area contributed by atoms with Crippen LogP contribution >= 0.6 is 11.8 Å². The summed E-state index contributed by atoms with van der Waals surface area (Å²) >= 11 is 1.69. The van der Waals surface area contributed by atoms with Crippen molar-refractivity contribution in [3.63, 3.8) is 0 Å². The molecule has 2 aromatic carbocycles. The summed E-state index contributed by atoms with van der Waals surface area (Å²) in [5.74, 6) is 1.32. The Labute approximate surface area is 208 Å². The van der Waals surface area contributed by atoms with Crippen molar-refractivity contribution in [3.05, 3.63) is 77.0 Å². The molecule has 35 heavy (non-hydrogen) atoms. The molecule has 11 heteroatoms. The minimum atomic E-state index is -3.58. The number of carbonyl (C=O) groups excluding carboxylic acids is 2. The Morgan fingerprint density at radius 3 is 2.46 bits per heavy atom. The van der Waals surface area contributed by atoms with Gasteiger partial charge in [0.1, 0.15) is 12.4 Å². The number of benzene rings is 2. The van der Waals surface area contributed by atoms with Crippen LogP contribution in [0.4, 0.5) is 5.82 Å². The van der Waals surface area contributed by atoms with Gasteiger partial charge in [-0.15, -0.1) is 0 Å². The topological polar surface area (TPSA) is 113 Å². The van der Waals surface area contributed by atoms with Crippen LogP contribution in [0.25, 0.3) is 0 Å². The van der Waals surface area contributed by atoms with Crippen molar-refractivity contribution in [2.24, 2.45) is 0 Å². The maximum Gasteiger partial charge on any atom is 0.256 e. The van der Waals surface area contributed by atoms with Gasteiger partial charge >= 0.3 is 0 Å². The normalized spacial score (nSPS) is 13.0. The molecule has 0 fully saturated rings. The summed E-state index contributed by atoms with van der Waals surface area (Å²) in [6.45, 7) is 0.492. The summed E-state index contributed by atoms with van der Waals surface area (Å²) in [4.78, 5) is 25.6. The van der Waals surface area contributed by atoms with Crippen LogP contribution in [0.15, 0.2) is 59.5 Å². The third kappa shape index (κ3) is 5.75. The molecule has 0 unspecified atom stereocenters. The molecular weight excluding hydrogens is 486 g/mol. The SMILES string of the molecule is CN(C)S(=O)(=O)c1ccc(C(=O)Nc2c3c(nn2CC(=O)NCCc2ccccc2)CSC3)cc1. The van der Waals surface area contributed by atoms with Gasteiger partial charge < -0.3 is 10.6 Å². The summed E-state index contributed by atoms with van der Waals surface area (Å²) in [5.41, 5.74) is 3.21. The van der Waals surface area contributed by atoms with Gasteiger partial charge in [0, 0.05) is 43.3 Å². The number of sulfonamides is 1. The molecule has 0 saturated carbocycles. The molecule has 9 nitrogen and oxygen atoms in total. The van der Waals surface area contributed by atoms with Crippen molar-refractivity contribution in [2.75, 3.05) is 26.0 Å². The first-order valence-electron chi connectivity index (χ1n) is 11.1. The van der Waals surface area contributed by atoms with E-state index in [0.29, 0.717) is 23.7 Å². The number of rotatable bonds is 9. The number of aromatic nitrogens is 2. The second kappa shape index (κ2) is 10.6. The maximum absolute atomic E-state index is 13.0. The zero-order valence-corrected chi connectivity index (χ0v) is 21.2. The fourth-order valence-electron chi connectivity index (χ4n) is 3.67. The van der Waals surface area contributed by atoms with E-state index in [2.05, 4.69) is 15.7 Å². The van der Waals surface area contributed by atoms with E-state index in [1.54, 1.807) is 11.8 Å². The van der Waals surface area contributed by atoms with Crippen LogP contribution in [0.1, 0.15) is 27.2 Å². The number of carbonyl (C=O) groups is 2. The lowest BCUT2D eigenvalue weighted by Crippen LogP contribution is -2.30. The van der Waals surface area contributed by atoms with E-state index in [0.717, 1.165) is 33.3 Å². The van der Waals surface area contributed by atoms with Gasteiger partial charge in [0.2, 0.25) is 15.9 Å². The molecule has 0 spiro atoms. The van der Waals surface area contributed by atoms with Crippen LogP contribution < -0.4 is 10.6 Å². The molecule has 1 aliphatic heterocycles. The van der Waals surface area contributed by atoms with Crippen molar-refractivity contribution >= 4 is 39.4 Å². The molecule has 1 aromatic heterocycles. The number of anilines is 1. The van der Waals surface area contributed by atoms with Crippen LogP contribution in [0.5, 0.6) is 0 Å². The molecule has 3 aromatic rings. The number of hydrogen-bond acceptors (Lipinski definition) is 6. The van der Waals surface area contributed by atoms with Crippen LogP contribution in [-0.4, -0.2) is 55.0 Å². The number of fused-ring (bicyclic) bond motifs is 1. The Balaban J connectivity index is 1.44. The minimum absolute atomic E-state index is 0.0118. The number of thioether (sulfide) groups is 1. The van der Waals surface area contributed by atoms with Gasteiger partial charge in [0.05, 0.1) is 10.6 Å². The molecule has 0 bridgehead atoms. The Hall–Kier alpha value is -3.15. The molecule has 184 valence electrons. The lowest BCUT2D eigenvalue weighted by Gasteiger charge is -2.13. The number of hydrogen-bond donors (Lipinski definition) is 2. The lowest BCUT2D eigenvalue weighted by atomic mass is 10.1. The van der Waals surface area contributed by atoms with Gasteiger partial charge in [-0.05, 0) is 36.2 Å². The number of nitrogens with one attached hydrogen (secondary N) is 2. The highest BCUT2D eigenvalue weighted by atomic mass is 32.2. The zero-order valence-electron chi connectivity index (χ0n) is 19.5. The summed E-state index contributed by atoms with van der Waals surface area (Å²) in [5, 5.41) is 10.3. The molecule has 1 aliphatic rings. The summed E-state index contributed by atoms with van der Waals surface area (Å²) in [7, 11) is -0.679. The molecule has 4 rings (SSSR count). The lowest BCUT2D eigenvalue weighted by molar-refractivity contribution is -0.121. The van der Waals surface area contributed by atoms with Gasteiger partial charge in [-0.2, -0.15) is 16.9 Å². The third-order valence-corrected chi connectivity index (χ3v) is 8.42. The molecule has 2 heterocycles. The standard InChI is InChI=1S/C24H27N5O4S2/c1-28(2)35(32,33)19-10-8-18(9-11-19)24(31)26-23-20-15-34-16-21(20)27-29(23)14-22(30)25-13-12-17-6-4-3-5-7-17/h3-11H,12-16H2,1-2H3,(H,25,30)(H,26,31). The largest absolute Gasteiger partial charge is 0.354 e. The second-order valence-corrected chi connectivity index (χ2v) is 11.4. The average molecular weight is 514 g/mol. The zero-order chi connectivity index (χ0) is 25.0. The van der Waals surface area contributed by atoms with Crippen LogP contribution in [0.2, 0.25) is 0 Å². The van der Waals surface area contributed by atoms with Crippen molar-refractivity contribution in [1.29, 1.82) is 0 Å². The van der Waals surface area contributed by atoms with Crippen molar-refractivity contribution in [3.8, 4) is 0 Å². The van der Waals surface area contributed by atoms with Crippen LogP contribution in [0, 0.1) is 0 Å². The van der Waals surface area contributed by atoms with Crippen LogP contribution in [-0.2, 0) is 39.3 Å². The van der Waals surface area contributed by atoms with E-state index in [4.69, 9.17) is 0 Å². The molecule has 2 N–H and O–H groups in total. The first-order valence-corrected chi connectivity index (χ1v) is 13.7. The molecule has 0 radical (unpaired) electrons. The first-order chi connectivity index (χ1) is 16.8. The fraction of sp³-hybridized carbons (Fsp3) is 0.292. The third-order valence-electron chi connectivity index (χ3n) is 5.62. The van der Waals surface area contributed by atoms with E-state index >= 15 is 0 Å². The van der Waals surface area contributed by atoms with E-state index in [-0.39, 0.29) is 17.3 Å². The van der Waals surface area contributed by atoms with E-state index < -0.39 is 15.9 Å². The van der Waals surface area contributed by atoms with Crippen molar-refractivity contribution in [1.82, 2.24) is 19.4 Å². The predicted octanol–water partition coefficient (Wildman–Crippen LogP) is 2.49. The molecule has 0 aliphatic carbocycles. The van der Waals surface area contributed by atoms with Crippen LogP contribution in [0.3, 0.4) is 0 Å². The van der Waals surface area contributed by atoms with E-state index in [1.807, 2.05) is 30.3 Å².